The summed E-state index contributed by atoms with van der Waals surface area (Å²) in [5.74, 6) is 1.51. The molecule has 0 aliphatic carbocycles. The molecule has 0 N–H and O–H groups in total. The van der Waals surface area contributed by atoms with Crippen LogP contribution in [0.2, 0.25) is 0 Å². The number of nitriles is 1. The van der Waals surface area contributed by atoms with Gasteiger partial charge in [-0.2, -0.15) is 10.4 Å². The molecule has 2 atom stereocenters. The third kappa shape index (κ3) is 4.86. The summed E-state index contributed by atoms with van der Waals surface area (Å²) in [5.41, 5.74) is 3.45. The van der Waals surface area contributed by atoms with Gasteiger partial charge in [0.2, 0.25) is 0 Å². The number of anilines is 1. The summed E-state index contributed by atoms with van der Waals surface area (Å²) >= 11 is 0. The number of fused-ring (bicyclic) bond motifs is 3. The topological polar surface area (TPSA) is 96.0 Å². The standard InChI is InChI=1S/C30H30N6O3/c1-30(2,3)39-29(37)36-23-11-24(36)17-34(16-23)27-10-9-21(14-32-27)26-12-25(38-19-20-7-5-4-6-8-20)18-35-28(26)22(13-31)15-33-35/h4-10,12,14-15,18,23-24H,11,16-17,19H2,1-3H3. The molecule has 9 heteroatoms. The molecule has 4 aromatic rings. The van der Waals surface area contributed by atoms with Crippen LogP contribution >= 0.6 is 0 Å². The summed E-state index contributed by atoms with van der Waals surface area (Å²) in [7, 11) is 0. The fraction of sp³-hybridized carbons (Fsp3) is 0.333. The Labute approximate surface area is 227 Å². The first-order valence-corrected chi connectivity index (χ1v) is 13.1. The third-order valence-corrected chi connectivity index (χ3v) is 7.14. The average Bonchev–Trinajstić information content (AvgIpc) is 3.34. The van der Waals surface area contributed by atoms with E-state index in [1.165, 1.54) is 0 Å². The van der Waals surface area contributed by atoms with E-state index in [9.17, 15) is 10.1 Å². The van der Waals surface area contributed by atoms with Crippen LogP contribution in [0, 0.1) is 11.3 Å². The van der Waals surface area contributed by atoms with Gasteiger partial charge in [-0.3, -0.25) is 4.90 Å². The van der Waals surface area contributed by atoms with Crippen molar-refractivity contribution >= 4 is 17.4 Å². The van der Waals surface area contributed by atoms with E-state index in [1.54, 1.807) is 16.9 Å². The number of piperidine rings is 1. The lowest BCUT2D eigenvalue weighted by atomic mass is 9.88. The number of piperazine rings is 1. The van der Waals surface area contributed by atoms with Gasteiger partial charge in [-0.05, 0) is 51.0 Å². The Morgan fingerprint density at radius 3 is 2.54 bits per heavy atom. The summed E-state index contributed by atoms with van der Waals surface area (Å²) in [4.78, 5) is 21.5. The molecule has 1 amide bonds. The van der Waals surface area contributed by atoms with Crippen LogP contribution in [0.1, 0.15) is 38.3 Å². The minimum absolute atomic E-state index is 0.128. The van der Waals surface area contributed by atoms with E-state index >= 15 is 0 Å². The maximum absolute atomic E-state index is 12.6. The van der Waals surface area contributed by atoms with E-state index < -0.39 is 5.60 Å². The molecule has 7 rings (SSSR count). The highest BCUT2D eigenvalue weighted by atomic mass is 16.6. The second-order valence-corrected chi connectivity index (χ2v) is 11.1. The fourth-order valence-corrected chi connectivity index (χ4v) is 5.36. The largest absolute Gasteiger partial charge is 0.487 e. The molecule has 2 bridgehead atoms. The maximum atomic E-state index is 12.6. The minimum atomic E-state index is -0.506. The van der Waals surface area contributed by atoms with E-state index in [0.29, 0.717) is 23.4 Å². The predicted molar refractivity (Wildman–Crippen MR) is 146 cm³/mol. The van der Waals surface area contributed by atoms with Gasteiger partial charge in [-0.15, -0.1) is 0 Å². The molecular formula is C30H30N6O3. The molecule has 6 heterocycles. The van der Waals surface area contributed by atoms with Crippen LogP contribution in [-0.2, 0) is 11.3 Å². The average molecular weight is 523 g/mol. The molecular weight excluding hydrogens is 492 g/mol. The Morgan fingerprint density at radius 2 is 1.87 bits per heavy atom. The van der Waals surface area contributed by atoms with Crippen LogP contribution in [0.15, 0.2) is 67.1 Å². The van der Waals surface area contributed by atoms with Crippen LogP contribution in [0.25, 0.3) is 16.6 Å². The lowest BCUT2D eigenvalue weighted by Crippen LogP contribution is -2.70. The molecule has 3 fully saturated rings. The van der Waals surface area contributed by atoms with E-state index in [2.05, 4.69) is 16.1 Å². The highest BCUT2D eigenvalue weighted by Gasteiger charge is 2.49. The molecule has 9 nitrogen and oxygen atoms in total. The number of hydrogen-bond donors (Lipinski definition) is 0. The van der Waals surface area contributed by atoms with Crippen molar-refractivity contribution in [3.05, 3.63) is 78.2 Å². The van der Waals surface area contributed by atoms with Crippen molar-refractivity contribution in [3.63, 3.8) is 0 Å². The minimum Gasteiger partial charge on any atom is -0.487 e. The van der Waals surface area contributed by atoms with E-state index in [-0.39, 0.29) is 18.2 Å². The Hall–Kier alpha value is -4.58. The second-order valence-electron chi connectivity index (χ2n) is 11.1. The highest BCUT2D eigenvalue weighted by Crippen LogP contribution is 2.36. The van der Waals surface area contributed by atoms with Crippen LogP contribution in [0.4, 0.5) is 10.6 Å². The normalized spacial score (nSPS) is 18.4. The number of nitrogens with zero attached hydrogens (tertiary/aromatic N) is 6. The quantitative estimate of drug-likeness (QED) is 0.362. The molecule has 0 saturated carbocycles. The number of carbonyl (C=O) groups excluding carboxylic acids is 1. The summed E-state index contributed by atoms with van der Waals surface area (Å²) in [6.07, 6.45) is 5.93. The van der Waals surface area contributed by atoms with Gasteiger partial charge in [0.05, 0.1) is 35.6 Å². The van der Waals surface area contributed by atoms with Crippen molar-refractivity contribution in [1.29, 1.82) is 5.26 Å². The number of aromatic nitrogens is 3. The van der Waals surface area contributed by atoms with Crippen LogP contribution < -0.4 is 9.64 Å². The lowest BCUT2D eigenvalue weighted by molar-refractivity contribution is -0.0380. The first-order valence-electron chi connectivity index (χ1n) is 13.1. The maximum Gasteiger partial charge on any atom is 0.410 e. The molecule has 3 saturated heterocycles. The fourth-order valence-electron chi connectivity index (χ4n) is 5.36. The molecule has 2 unspecified atom stereocenters. The van der Waals surface area contributed by atoms with Crippen molar-refractivity contribution in [2.24, 2.45) is 0 Å². The number of benzene rings is 1. The van der Waals surface area contributed by atoms with Crippen molar-refractivity contribution in [1.82, 2.24) is 19.5 Å². The molecule has 3 aromatic heterocycles. The summed E-state index contributed by atoms with van der Waals surface area (Å²) in [6, 6.07) is 18.4. The van der Waals surface area contributed by atoms with Gasteiger partial charge in [0, 0.05) is 30.4 Å². The molecule has 198 valence electrons. The smallest absolute Gasteiger partial charge is 0.410 e. The molecule has 0 spiro atoms. The van der Waals surface area contributed by atoms with E-state index in [4.69, 9.17) is 14.5 Å². The van der Waals surface area contributed by atoms with Crippen LogP contribution in [0.5, 0.6) is 5.75 Å². The zero-order valence-corrected chi connectivity index (χ0v) is 22.2. The summed E-state index contributed by atoms with van der Waals surface area (Å²) in [5, 5.41) is 14.1. The number of hydrogen-bond acceptors (Lipinski definition) is 7. The molecule has 3 aliphatic rings. The SMILES string of the molecule is CC(C)(C)OC(=O)N1C2CC1CN(c1ccc(-c3cc(OCc4ccccc4)cn4ncc(C#N)c34)cn1)C2. The number of ether oxygens (including phenoxy) is 2. The first kappa shape index (κ1) is 24.7. The van der Waals surface area contributed by atoms with Gasteiger partial charge in [-0.1, -0.05) is 30.3 Å². The van der Waals surface area contributed by atoms with E-state index in [1.807, 2.05) is 80.4 Å². The van der Waals surface area contributed by atoms with Gasteiger partial charge in [0.25, 0.3) is 0 Å². The number of rotatable bonds is 5. The number of amides is 1. The van der Waals surface area contributed by atoms with Crippen molar-refractivity contribution in [2.45, 2.75) is 51.5 Å². The van der Waals surface area contributed by atoms with Crippen molar-refractivity contribution in [2.75, 3.05) is 18.0 Å². The second kappa shape index (κ2) is 9.62. The Balaban J connectivity index is 1.22. The highest BCUT2D eigenvalue weighted by molar-refractivity contribution is 5.85. The van der Waals surface area contributed by atoms with Gasteiger partial charge in [0.15, 0.2) is 0 Å². The number of pyridine rings is 2. The predicted octanol–water partition coefficient (Wildman–Crippen LogP) is 5.04. The Bertz CT molecular complexity index is 1540. The zero-order valence-electron chi connectivity index (χ0n) is 22.2. The van der Waals surface area contributed by atoms with Gasteiger partial charge >= 0.3 is 6.09 Å². The van der Waals surface area contributed by atoms with Gasteiger partial charge in [0.1, 0.15) is 29.8 Å². The van der Waals surface area contributed by atoms with E-state index in [0.717, 1.165) is 42.0 Å². The Kier molecular flexibility index (Phi) is 6.10. The van der Waals surface area contributed by atoms with Crippen LogP contribution in [0.3, 0.4) is 0 Å². The van der Waals surface area contributed by atoms with Crippen LogP contribution in [-0.4, -0.2) is 56.4 Å². The monoisotopic (exact) mass is 522 g/mol. The summed E-state index contributed by atoms with van der Waals surface area (Å²) in [6.45, 7) is 7.53. The van der Waals surface area contributed by atoms with Gasteiger partial charge < -0.3 is 14.4 Å². The first-order chi connectivity index (χ1) is 18.8. The molecule has 3 aliphatic heterocycles. The third-order valence-electron chi connectivity index (χ3n) is 7.14. The van der Waals surface area contributed by atoms with Crippen molar-refractivity contribution < 1.29 is 14.3 Å². The number of carbonyl (C=O) groups is 1. The zero-order chi connectivity index (χ0) is 27.1. The molecule has 0 radical (unpaired) electrons. The van der Waals surface area contributed by atoms with Crippen molar-refractivity contribution in [3.8, 4) is 22.9 Å². The Morgan fingerprint density at radius 1 is 1.10 bits per heavy atom. The summed E-state index contributed by atoms with van der Waals surface area (Å²) < 4.78 is 13.4. The lowest BCUT2D eigenvalue weighted by Gasteiger charge is -2.56. The molecule has 1 aromatic carbocycles. The van der Waals surface area contributed by atoms with Gasteiger partial charge in [-0.25, -0.2) is 14.3 Å². The molecule has 39 heavy (non-hydrogen) atoms.